The van der Waals surface area contributed by atoms with Gasteiger partial charge in [-0.25, -0.2) is 0 Å². The van der Waals surface area contributed by atoms with Crippen molar-refractivity contribution in [3.8, 4) is 11.4 Å². The Morgan fingerprint density at radius 3 is 2.33 bits per heavy atom. The van der Waals surface area contributed by atoms with Crippen LogP contribution in [-0.2, 0) is 16.0 Å². The molecule has 8 heteroatoms. The number of nitrogens with one attached hydrogen (secondary N) is 1. The van der Waals surface area contributed by atoms with E-state index in [0.29, 0.717) is 31.3 Å². The van der Waals surface area contributed by atoms with Crippen molar-refractivity contribution >= 4 is 23.2 Å². The quantitative estimate of drug-likeness (QED) is 0.625. The number of nitrogens with zero attached hydrogens (tertiary/aromatic N) is 4. The summed E-state index contributed by atoms with van der Waals surface area (Å²) in [4.78, 5) is 32.6. The highest BCUT2D eigenvalue weighted by Crippen LogP contribution is 2.39. The molecule has 1 aromatic heterocycles. The molecule has 3 aromatic rings. The smallest absolute Gasteiger partial charge is 0.230 e. The summed E-state index contributed by atoms with van der Waals surface area (Å²) >= 11 is 0. The first-order valence-corrected chi connectivity index (χ1v) is 11.4. The Hall–Kier alpha value is -3.68. The molecule has 1 aliphatic heterocycles. The number of hydrogen-bond acceptors (Lipinski definition) is 6. The number of anilines is 2. The zero-order valence-corrected chi connectivity index (χ0v) is 18.7. The molecule has 1 saturated heterocycles. The summed E-state index contributed by atoms with van der Waals surface area (Å²) in [5.74, 6) is 1.86. The van der Waals surface area contributed by atoms with E-state index in [1.54, 1.807) is 0 Å². The third-order valence-corrected chi connectivity index (χ3v) is 6.12. The number of carbonyl (C=O) groups excluding carboxylic acids is 2. The van der Waals surface area contributed by atoms with Gasteiger partial charge in [-0.3, -0.25) is 9.59 Å². The number of amides is 2. The van der Waals surface area contributed by atoms with E-state index < -0.39 is 0 Å². The molecule has 5 rings (SSSR count). The molecule has 1 saturated carbocycles. The van der Waals surface area contributed by atoms with Crippen molar-refractivity contribution in [1.82, 2.24) is 15.0 Å². The fraction of sp³-hybridized carbons (Fsp3) is 0.360. The Morgan fingerprint density at radius 1 is 1.00 bits per heavy atom. The molecule has 33 heavy (non-hydrogen) atoms. The largest absolute Gasteiger partial charge is 0.368 e. The molecule has 0 bridgehead atoms. The lowest BCUT2D eigenvalue weighted by molar-refractivity contribution is -0.130. The second-order valence-electron chi connectivity index (χ2n) is 8.70. The van der Waals surface area contributed by atoms with Gasteiger partial charge in [-0.15, -0.1) is 0 Å². The van der Waals surface area contributed by atoms with Crippen molar-refractivity contribution in [2.75, 3.05) is 36.4 Å². The highest BCUT2D eigenvalue weighted by Gasteiger charge is 2.29. The van der Waals surface area contributed by atoms with Gasteiger partial charge in [-0.2, -0.15) is 4.98 Å². The predicted octanol–water partition coefficient (Wildman–Crippen LogP) is 3.46. The minimum atomic E-state index is -0.108. The highest BCUT2D eigenvalue weighted by molar-refractivity contribution is 5.88. The topological polar surface area (TPSA) is 91.6 Å². The summed E-state index contributed by atoms with van der Waals surface area (Å²) in [5, 5.41) is 6.85. The van der Waals surface area contributed by atoms with Crippen molar-refractivity contribution < 1.29 is 14.1 Å². The van der Waals surface area contributed by atoms with Gasteiger partial charge in [-0.05, 0) is 54.8 Å². The average Bonchev–Trinajstić information content (AvgIpc) is 3.57. The molecule has 8 nitrogen and oxygen atoms in total. The van der Waals surface area contributed by atoms with Crippen LogP contribution < -0.4 is 10.2 Å². The molecule has 0 unspecified atom stereocenters. The minimum absolute atomic E-state index is 0.108. The molecule has 0 radical (unpaired) electrons. The second kappa shape index (κ2) is 9.05. The van der Waals surface area contributed by atoms with Crippen LogP contribution in [0.5, 0.6) is 0 Å². The zero-order chi connectivity index (χ0) is 22.8. The lowest BCUT2D eigenvalue weighted by Gasteiger charge is -2.36. The van der Waals surface area contributed by atoms with Crippen molar-refractivity contribution in [1.29, 1.82) is 0 Å². The molecule has 0 atom stereocenters. The first-order valence-electron chi connectivity index (χ1n) is 11.4. The lowest BCUT2D eigenvalue weighted by Crippen LogP contribution is -2.49. The molecule has 2 aromatic carbocycles. The van der Waals surface area contributed by atoms with E-state index in [1.165, 1.54) is 6.92 Å². The highest BCUT2D eigenvalue weighted by atomic mass is 16.5. The summed E-state index contributed by atoms with van der Waals surface area (Å²) in [7, 11) is 0. The summed E-state index contributed by atoms with van der Waals surface area (Å²) in [6.07, 6.45) is 2.64. The van der Waals surface area contributed by atoms with E-state index >= 15 is 0 Å². The third-order valence-electron chi connectivity index (χ3n) is 6.12. The van der Waals surface area contributed by atoms with E-state index in [9.17, 15) is 9.59 Å². The molecule has 2 aliphatic rings. The molecule has 1 aliphatic carbocycles. The number of rotatable bonds is 6. The van der Waals surface area contributed by atoms with Gasteiger partial charge in [0.1, 0.15) is 0 Å². The fourth-order valence-corrected chi connectivity index (χ4v) is 4.08. The Balaban J connectivity index is 1.13. The number of aromatic nitrogens is 2. The van der Waals surface area contributed by atoms with Crippen molar-refractivity contribution in [2.24, 2.45) is 0 Å². The van der Waals surface area contributed by atoms with Crippen LogP contribution in [-0.4, -0.2) is 53.0 Å². The van der Waals surface area contributed by atoms with Gasteiger partial charge in [0.25, 0.3) is 0 Å². The molecular formula is C25H27N5O3. The van der Waals surface area contributed by atoms with Crippen LogP contribution >= 0.6 is 0 Å². The van der Waals surface area contributed by atoms with Crippen LogP contribution in [0.25, 0.3) is 11.4 Å². The predicted molar refractivity (Wildman–Crippen MR) is 125 cm³/mol. The van der Waals surface area contributed by atoms with Gasteiger partial charge in [0.15, 0.2) is 0 Å². The Kier molecular flexibility index (Phi) is 5.81. The van der Waals surface area contributed by atoms with Crippen LogP contribution in [0, 0.1) is 0 Å². The Labute approximate surface area is 192 Å². The van der Waals surface area contributed by atoms with Gasteiger partial charge in [0, 0.05) is 56.0 Å². The molecule has 2 heterocycles. The van der Waals surface area contributed by atoms with Gasteiger partial charge < -0.3 is 19.6 Å². The molecular weight excluding hydrogens is 418 g/mol. The Bertz CT molecular complexity index is 1130. The van der Waals surface area contributed by atoms with Crippen LogP contribution in [0.1, 0.15) is 37.1 Å². The third kappa shape index (κ3) is 5.05. The monoisotopic (exact) mass is 445 g/mol. The van der Waals surface area contributed by atoms with Crippen molar-refractivity contribution in [3.05, 3.63) is 60.0 Å². The standard InChI is InChI=1S/C25H27N5O3/c1-17(31)26-21-8-2-18(3-9-21)16-23(32)30-14-12-29(13-15-30)22-10-6-19(7-11-22)24-27-25(33-28-24)20-4-5-20/h2-3,6-11,20H,4-5,12-16H2,1H3,(H,26,31). The van der Waals surface area contributed by atoms with E-state index in [4.69, 9.17) is 4.52 Å². The molecule has 0 spiro atoms. The molecule has 1 N–H and O–H groups in total. The fourth-order valence-electron chi connectivity index (χ4n) is 4.08. The zero-order valence-electron chi connectivity index (χ0n) is 18.7. The molecule has 2 amide bonds. The van der Waals surface area contributed by atoms with Crippen LogP contribution in [0.3, 0.4) is 0 Å². The van der Waals surface area contributed by atoms with Crippen molar-refractivity contribution in [3.63, 3.8) is 0 Å². The van der Waals surface area contributed by atoms with E-state index in [2.05, 4.69) is 32.5 Å². The normalized spacial score (nSPS) is 16.0. The number of benzene rings is 2. The van der Waals surface area contributed by atoms with Crippen LogP contribution in [0.15, 0.2) is 53.1 Å². The summed E-state index contributed by atoms with van der Waals surface area (Å²) < 4.78 is 5.36. The first-order chi connectivity index (χ1) is 16.0. The Morgan fingerprint density at radius 2 is 1.70 bits per heavy atom. The number of piperazine rings is 1. The van der Waals surface area contributed by atoms with Gasteiger partial charge >= 0.3 is 0 Å². The maximum absolute atomic E-state index is 12.7. The van der Waals surface area contributed by atoms with Crippen molar-refractivity contribution in [2.45, 2.75) is 32.1 Å². The molecule has 170 valence electrons. The van der Waals surface area contributed by atoms with Crippen LogP contribution in [0.2, 0.25) is 0 Å². The van der Waals surface area contributed by atoms with Gasteiger partial charge in [-0.1, -0.05) is 17.3 Å². The van der Waals surface area contributed by atoms with Crippen LogP contribution in [0.4, 0.5) is 11.4 Å². The summed E-state index contributed by atoms with van der Waals surface area (Å²) in [6.45, 7) is 4.45. The number of carbonyl (C=O) groups is 2. The lowest BCUT2D eigenvalue weighted by atomic mass is 10.1. The van der Waals surface area contributed by atoms with Gasteiger partial charge in [0.05, 0.1) is 6.42 Å². The number of hydrogen-bond donors (Lipinski definition) is 1. The maximum atomic E-state index is 12.7. The summed E-state index contributed by atoms with van der Waals surface area (Å²) in [5.41, 5.74) is 3.76. The summed E-state index contributed by atoms with van der Waals surface area (Å²) in [6, 6.07) is 15.6. The second-order valence-corrected chi connectivity index (χ2v) is 8.70. The molecule has 2 fully saturated rings. The van der Waals surface area contributed by atoms with E-state index in [-0.39, 0.29) is 11.8 Å². The van der Waals surface area contributed by atoms with E-state index in [1.807, 2.05) is 41.3 Å². The minimum Gasteiger partial charge on any atom is -0.368 e. The average molecular weight is 446 g/mol. The maximum Gasteiger partial charge on any atom is 0.230 e. The van der Waals surface area contributed by atoms with E-state index in [0.717, 1.165) is 54.3 Å². The van der Waals surface area contributed by atoms with Gasteiger partial charge in [0.2, 0.25) is 23.5 Å². The first kappa shape index (κ1) is 21.2. The SMILES string of the molecule is CC(=O)Nc1ccc(CC(=O)N2CCN(c3ccc(-c4noc(C5CC5)n4)cc3)CC2)cc1.